The van der Waals surface area contributed by atoms with Gasteiger partial charge in [0.1, 0.15) is 5.69 Å². The molecule has 0 saturated carbocycles. The summed E-state index contributed by atoms with van der Waals surface area (Å²) in [5.41, 5.74) is -1.09. The SMILES string of the molecule is CCn1cc([N+](=O)[O-])cc1C(=O)NCC(C)(CC)C(=O)O. The number of aliphatic carboxylic acids is 1. The molecule has 8 nitrogen and oxygen atoms in total. The third kappa shape index (κ3) is 3.59. The number of aryl methyl sites for hydroxylation is 1. The van der Waals surface area contributed by atoms with Crippen molar-refractivity contribution >= 4 is 17.6 Å². The number of carbonyl (C=O) groups excluding carboxylic acids is 1. The monoisotopic (exact) mass is 297 g/mol. The minimum atomic E-state index is -1.06. The van der Waals surface area contributed by atoms with E-state index in [1.54, 1.807) is 13.8 Å². The third-order valence-electron chi connectivity index (χ3n) is 3.60. The number of aromatic nitrogens is 1. The number of carboxylic acids is 1. The average Bonchev–Trinajstić information content (AvgIpc) is 2.88. The molecule has 1 aromatic rings. The molecule has 21 heavy (non-hydrogen) atoms. The predicted molar refractivity (Wildman–Crippen MR) is 75.1 cm³/mol. The zero-order chi connectivity index (χ0) is 16.2. The molecule has 1 atom stereocenters. The van der Waals surface area contributed by atoms with Crippen molar-refractivity contribution < 1.29 is 19.6 Å². The number of nitrogens with zero attached hydrogens (tertiary/aromatic N) is 2. The van der Waals surface area contributed by atoms with Crippen LogP contribution >= 0.6 is 0 Å². The Morgan fingerprint density at radius 1 is 1.48 bits per heavy atom. The lowest BCUT2D eigenvalue weighted by Crippen LogP contribution is -2.41. The molecule has 0 spiro atoms. The van der Waals surface area contributed by atoms with Crippen LogP contribution in [0.3, 0.4) is 0 Å². The van der Waals surface area contributed by atoms with Crippen molar-refractivity contribution in [3.8, 4) is 0 Å². The van der Waals surface area contributed by atoms with Gasteiger partial charge in [0.25, 0.3) is 11.6 Å². The summed E-state index contributed by atoms with van der Waals surface area (Å²) in [6.07, 6.45) is 1.64. The summed E-state index contributed by atoms with van der Waals surface area (Å²) in [4.78, 5) is 33.4. The number of rotatable bonds is 7. The second-order valence-corrected chi connectivity index (χ2v) is 5.03. The number of hydrogen-bond donors (Lipinski definition) is 2. The Morgan fingerprint density at radius 2 is 2.10 bits per heavy atom. The second-order valence-electron chi connectivity index (χ2n) is 5.03. The highest BCUT2D eigenvalue weighted by Crippen LogP contribution is 2.21. The van der Waals surface area contributed by atoms with Crippen LogP contribution in [-0.2, 0) is 11.3 Å². The van der Waals surface area contributed by atoms with Gasteiger partial charge in [0.15, 0.2) is 0 Å². The molecule has 0 aromatic carbocycles. The minimum absolute atomic E-state index is 0.0413. The topological polar surface area (TPSA) is 114 Å². The van der Waals surface area contributed by atoms with E-state index in [2.05, 4.69) is 5.32 Å². The highest BCUT2D eigenvalue weighted by Gasteiger charge is 2.32. The molecule has 0 fully saturated rings. The Morgan fingerprint density at radius 3 is 2.52 bits per heavy atom. The van der Waals surface area contributed by atoms with Crippen LogP contribution in [0.2, 0.25) is 0 Å². The fourth-order valence-electron chi connectivity index (χ4n) is 1.76. The van der Waals surface area contributed by atoms with Gasteiger partial charge in [-0.25, -0.2) is 0 Å². The lowest BCUT2D eigenvalue weighted by molar-refractivity contribution is -0.384. The molecule has 0 aliphatic heterocycles. The van der Waals surface area contributed by atoms with Gasteiger partial charge >= 0.3 is 5.97 Å². The largest absolute Gasteiger partial charge is 0.481 e. The lowest BCUT2D eigenvalue weighted by atomic mass is 9.88. The van der Waals surface area contributed by atoms with Crippen molar-refractivity contribution in [1.29, 1.82) is 0 Å². The number of nitro groups is 1. The van der Waals surface area contributed by atoms with Crippen molar-refractivity contribution in [2.24, 2.45) is 5.41 Å². The first-order valence-electron chi connectivity index (χ1n) is 6.61. The summed E-state index contributed by atoms with van der Waals surface area (Å²) in [6, 6.07) is 1.18. The van der Waals surface area contributed by atoms with Crippen LogP contribution in [0.5, 0.6) is 0 Å². The zero-order valence-electron chi connectivity index (χ0n) is 12.3. The third-order valence-corrected chi connectivity index (χ3v) is 3.60. The Bertz CT molecular complexity index is 566. The fourth-order valence-corrected chi connectivity index (χ4v) is 1.76. The summed E-state index contributed by atoms with van der Waals surface area (Å²) < 4.78 is 1.46. The van der Waals surface area contributed by atoms with Gasteiger partial charge < -0.3 is 15.0 Å². The van der Waals surface area contributed by atoms with E-state index in [9.17, 15) is 19.7 Å². The molecule has 116 valence electrons. The van der Waals surface area contributed by atoms with Gasteiger partial charge in [0.2, 0.25) is 0 Å². The lowest BCUT2D eigenvalue weighted by Gasteiger charge is -2.23. The van der Waals surface area contributed by atoms with Crippen LogP contribution in [0.1, 0.15) is 37.7 Å². The number of amides is 1. The van der Waals surface area contributed by atoms with Gasteiger partial charge in [0, 0.05) is 19.2 Å². The van der Waals surface area contributed by atoms with Crippen molar-refractivity contribution in [2.75, 3.05) is 6.54 Å². The van der Waals surface area contributed by atoms with Crippen molar-refractivity contribution in [2.45, 2.75) is 33.7 Å². The van der Waals surface area contributed by atoms with Crippen molar-refractivity contribution in [3.63, 3.8) is 0 Å². The summed E-state index contributed by atoms with van der Waals surface area (Å²) in [6.45, 7) is 5.38. The molecule has 2 N–H and O–H groups in total. The quantitative estimate of drug-likeness (QED) is 0.586. The van der Waals surface area contributed by atoms with Crippen molar-refractivity contribution in [1.82, 2.24) is 9.88 Å². The van der Waals surface area contributed by atoms with Crippen LogP contribution in [0.4, 0.5) is 5.69 Å². The summed E-state index contributed by atoms with van der Waals surface area (Å²) >= 11 is 0. The van der Waals surface area contributed by atoms with Gasteiger partial charge in [-0.3, -0.25) is 19.7 Å². The molecule has 0 aliphatic carbocycles. The molecule has 8 heteroatoms. The molecule has 1 amide bonds. The molecular formula is C13H19N3O5. The number of carboxylic acid groups (broad SMARTS) is 1. The number of nitrogens with one attached hydrogen (secondary N) is 1. The van der Waals surface area contributed by atoms with E-state index in [0.29, 0.717) is 13.0 Å². The first-order valence-corrected chi connectivity index (χ1v) is 6.61. The van der Waals surface area contributed by atoms with E-state index < -0.39 is 22.2 Å². The maximum Gasteiger partial charge on any atom is 0.311 e. The predicted octanol–water partition coefficient (Wildman–Crippen LogP) is 1.65. The van der Waals surface area contributed by atoms with Gasteiger partial charge in [-0.1, -0.05) is 6.92 Å². The average molecular weight is 297 g/mol. The van der Waals surface area contributed by atoms with Crippen LogP contribution in [0.25, 0.3) is 0 Å². The summed E-state index contributed by atoms with van der Waals surface area (Å²) in [7, 11) is 0. The summed E-state index contributed by atoms with van der Waals surface area (Å²) in [5.74, 6) is -1.52. The van der Waals surface area contributed by atoms with Crippen LogP contribution in [0, 0.1) is 15.5 Å². The van der Waals surface area contributed by atoms with E-state index in [1.165, 1.54) is 23.8 Å². The maximum absolute atomic E-state index is 12.1. The van der Waals surface area contributed by atoms with Gasteiger partial charge in [-0.15, -0.1) is 0 Å². The van der Waals surface area contributed by atoms with Gasteiger partial charge in [0.05, 0.1) is 16.5 Å². The maximum atomic E-state index is 12.1. The smallest absolute Gasteiger partial charge is 0.311 e. The van der Waals surface area contributed by atoms with E-state index in [-0.39, 0.29) is 17.9 Å². The van der Waals surface area contributed by atoms with Gasteiger partial charge in [-0.2, -0.15) is 0 Å². The van der Waals surface area contributed by atoms with E-state index in [0.717, 1.165) is 0 Å². The Kier molecular flexibility index (Phi) is 5.07. The first kappa shape index (κ1) is 16.7. The van der Waals surface area contributed by atoms with Crippen LogP contribution in [-0.4, -0.2) is 33.0 Å². The molecule has 1 rings (SSSR count). The molecule has 0 saturated heterocycles. The van der Waals surface area contributed by atoms with Crippen LogP contribution in [0.15, 0.2) is 12.3 Å². The first-order chi connectivity index (χ1) is 9.75. The summed E-state index contributed by atoms with van der Waals surface area (Å²) in [5, 5.41) is 22.4. The van der Waals surface area contributed by atoms with E-state index in [1.807, 2.05) is 0 Å². The molecule has 0 radical (unpaired) electrons. The Balaban J connectivity index is 2.90. The zero-order valence-corrected chi connectivity index (χ0v) is 12.3. The molecule has 1 aromatic heterocycles. The standard InChI is InChI=1S/C13H19N3O5/c1-4-13(3,12(18)19)8-14-11(17)10-6-9(16(20)21)7-15(10)5-2/h6-7H,4-5,8H2,1-3H3,(H,14,17)(H,18,19). The normalized spacial score (nSPS) is 13.5. The molecule has 0 bridgehead atoms. The van der Waals surface area contributed by atoms with E-state index in [4.69, 9.17) is 5.11 Å². The van der Waals surface area contributed by atoms with Crippen molar-refractivity contribution in [3.05, 3.63) is 28.1 Å². The Hall–Kier alpha value is -2.38. The van der Waals surface area contributed by atoms with Crippen LogP contribution < -0.4 is 5.32 Å². The molecule has 1 unspecified atom stereocenters. The fraction of sp³-hybridized carbons (Fsp3) is 0.538. The molecular weight excluding hydrogens is 278 g/mol. The van der Waals surface area contributed by atoms with Gasteiger partial charge in [-0.05, 0) is 20.3 Å². The second kappa shape index (κ2) is 6.38. The number of carbonyl (C=O) groups is 2. The molecule has 1 heterocycles. The highest BCUT2D eigenvalue weighted by atomic mass is 16.6. The molecule has 0 aliphatic rings. The van der Waals surface area contributed by atoms with E-state index >= 15 is 0 Å². The Labute approximate surface area is 121 Å². The minimum Gasteiger partial charge on any atom is -0.481 e. The highest BCUT2D eigenvalue weighted by molar-refractivity contribution is 5.94. The number of hydrogen-bond acceptors (Lipinski definition) is 4.